The van der Waals surface area contributed by atoms with Crippen LogP contribution in [0, 0.1) is 10.1 Å². The number of esters is 1. The average molecular weight is 495 g/mol. The number of nitrogens with one attached hydrogen (secondary N) is 1. The number of carbonyl (C=O) groups is 2. The first-order valence-corrected chi connectivity index (χ1v) is 10.4. The van der Waals surface area contributed by atoms with Gasteiger partial charge in [0.15, 0.2) is 6.61 Å². The summed E-state index contributed by atoms with van der Waals surface area (Å²) in [4.78, 5) is 39.5. The van der Waals surface area contributed by atoms with Crippen molar-refractivity contribution in [2.45, 2.75) is 6.18 Å². The Balaban J connectivity index is 1.55. The summed E-state index contributed by atoms with van der Waals surface area (Å²) in [5.41, 5.74) is -1.02. The smallest absolute Gasteiger partial charge is 0.418 e. The lowest BCUT2D eigenvalue weighted by Gasteiger charge is -2.14. The van der Waals surface area contributed by atoms with Crippen LogP contribution in [0.1, 0.15) is 15.9 Å². The number of benzene rings is 3. The van der Waals surface area contributed by atoms with E-state index < -0.39 is 46.5 Å². The van der Waals surface area contributed by atoms with Gasteiger partial charge >= 0.3 is 12.1 Å². The molecule has 0 unspecified atom stereocenters. The summed E-state index contributed by atoms with van der Waals surface area (Å²) in [6.07, 6.45) is -4.96. The molecule has 0 aliphatic heterocycles. The number of hydrogen-bond donors (Lipinski definition) is 1. The molecule has 3 aromatic carbocycles. The summed E-state index contributed by atoms with van der Waals surface area (Å²) in [6, 6.07) is 19.3. The number of amides is 1. The lowest BCUT2D eigenvalue weighted by Crippen LogP contribution is -2.23. The van der Waals surface area contributed by atoms with Crippen LogP contribution in [0.25, 0.3) is 22.2 Å². The second-order valence-electron chi connectivity index (χ2n) is 7.55. The number of nitro groups is 1. The molecule has 182 valence electrons. The van der Waals surface area contributed by atoms with Crippen molar-refractivity contribution in [3.63, 3.8) is 0 Å². The minimum atomic E-state index is -4.96. The van der Waals surface area contributed by atoms with Gasteiger partial charge in [-0.25, -0.2) is 9.78 Å². The van der Waals surface area contributed by atoms with Crippen LogP contribution in [0.5, 0.6) is 0 Å². The van der Waals surface area contributed by atoms with E-state index in [1.54, 1.807) is 24.3 Å². The van der Waals surface area contributed by atoms with Gasteiger partial charge in [0.2, 0.25) is 0 Å². The van der Waals surface area contributed by atoms with Crippen LogP contribution in [-0.4, -0.2) is 28.4 Å². The molecule has 8 nitrogen and oxygen atoms in total. The third-order valence-corrected chi connectivity index (χ3v) is 5.13. The summed E-state index contributed by atoms with van der Waals surface area (Å²) in [5, 5.41) is 13.3. The van der Waals surface area contributed by atoms with E-state index in [4.69, 9.17) is 4.74 Å². The molecule has 0 saturated carbocycles. The normalized spacial score (nSPS) is 11.2. The molecule has 1 amide bonds. The second kappa shape index (κ2) is 9.82. The number of nitro benzene ring substituents is 1. The number of pyridine rings is 1. The van der Waals surface area contributed by atoms with Crippen molar-refractivity contribution < 1.29 is 32.4 Å². The van der Waals surface area contributed by atoms with Crippen molar-refractivity contribution in [1.29, 1.82) is 0 Å². The van der Waals surface area contributed by atoms with E-state index >= 15 is 0 Å². The van der Waals surface area contributed by atoms with Crippen LogP contribution in [0.4, 0.5) is 24.5 Å². The molecule has 0 spiro atoms. The fourth-order valence-electron chi connectivity index (χ4n) is 3.49. The monoisotopic (exact) mass is 495 g/mol. The van der Waals surface area contributed by atoms with Gasteiger partial charge in [-0.1, -0.05) is 48.5 Å². The maximum Gasteiger partial charge on any atom is 0.418 e. The average Bonchev–Trinajstić information content (AvgIpc) is 2.86. The fraction of sp³-hybridized carbons (Fsp3) is 0.0800. The van der Waals surface area contributed by atoms with Crippen molar-refractivity contribution in [3.05, 3.63) is 100 Å². The number of rotatable bonds is 6. The Morgan fingerprint density at radius 3 is 2.36 bits per heavy atom. The molecule has 0 radical (unpaired) electrons. The summed E-state index contributed by atoms with van der Waals surface area (Å²) < 4.78 is 45.1. The van der Waals surface area contributed by atoms with Gasteiger partial charge in [0.25, 0.3) is 11.6 Å². The Morgan fingerprint density at radius 2 is 1.67 bits per heavy atom. The number of halogens is 3. The van der Waals surface area contributed by atoms with Gasteiger partial charge in [0, 0.05) is 23.1 Å². The molecule has 0 bridgehead atoms. The third-order valence-electron chi connectivity index (χ3n) is 5.13. The molecule has 0 fully saturated rings. The quantitative estimate of drug-likeness (QED) is 0.211. The molecule has 36 heavy (non-hydrogen) atoms. The standard InChI is InChI=1S/C25H16F3N3O5/c26-25(27,28)19-12-16(31(34)35)10-11-21(19)30-23(32)14-36-24(33)18-13-22(15-6-2-1-3-7-15)29-20-9-5-4-8-17(18)20/h1-13H,14H2,(H,30,32). The first-order valence-electron chi connectivity index (χ1n) is 10.4. The largest absolute Gasteiger partial charge is 0.452 e. The zero-order chi connectivity index (χ0) is 25.9. The van der Waals surface area contributed by atoms with Crippen molar-refractivity contribution in [1.82, 2.24) is 4.98 Å². The predicted octanol–water partition coefficient (Wildman–Crippen LogP) is 5.62. The van der Waals surface area contributed by atoms with Crippen molar-refractivity contribution in [2.24, 2.45) is 0 Å². The number of fused-ring (bicyclic) bond motifs is 1. The van der Waals surface area contributed by atoms with Crippen molar-refractivity contribution in [3.8, 4) is 11.3 Å². The number of aromatic nitrogens is 1. The van der Waals surface area contributed by atoms with E-state index in [1.165, 1.54) is 6.07 Å². The molecule has 11 heteroatoms. The van der Waals surface area contributed by atoms with Gasteiger partial charge < -0.3 is 10.1 Å². The maximum atomic E-state index is 13.3. The number of hydrogen-bond acceptors (Lipinski definition) is 6. The summed E-state index contributed by atoms with van der Waals surface area (Å²) >= 11 is 0. The number of alkyl halides is 3. The summed E-state index contributed by atoms with van der Waals surface area (Å²) in [5.74, 6) is -1.93. The van der Waals surface area contributed by atoms with Crippen LogP contribution in [0.15, 0.2) is 78.9 Å². The molecule has 0 atom stereocenters. The molecule has 1 heterocycles. The van der Waals surface area contributed by atoms with Gasteiger partial charge in [-0.15, -0.1) is 0 Å². The van der Waals surface area contributed by atoms with Crippen LogP contribution < -0.4 is 5.32 Å². The SMILES string of the molecule is O=C(COC(=O)c1cc(-c2ccccc2)nc2ccccc12)Nc1ccc([N+](=O)[O-])cc1C(F)(F)F. The summed E-state index contributed by atoms with van der Waals surface area (Å²) in [6.45, 7) is -0.884. The van der Waals surface area contributed by atoms with Crippen LogP contribution in [0.2, 0.25) is 0 Å². The number of non-ortho nitro benzene ring substituents is 1. The van der Waals surface area contributed by atoms with Crippen LogP contribution >= 0.6 is 0 Å². The molecule has 0 saturated heterocycles. The first kappa shape index (κ1) is 24.3. The number of nitrogens with zero attached hydrogens (tertiary/aromatic N) is 2. The molecule has 0 aliphatic carbocycles. The number of ether oxygens (including phenoxy) is 1. The van der Waals surface area contributed by atoms with Crippen LogP contribution in [-0.2, 0) is 15.7 Å². The Morgan fingerprint density at radius 1 is 0.972 bits per heavy atom. The molecule has 1 N–H and O–H groups in total. The highest BCUT2D eigenvalue weighted by Crippen LogP contribution is 2.37. The topological polar surface area (TPSA) is 111 Å². The Kier molecular flexibility index (Phi) is 6.64. The highest BCUT2D eigenvalue weighted by molar-refractivity contribution is 6.05. The zero-order valence-corrected chi connectivity index (χ0v) is 18.3. The molecule has 0 aliphatic rings. The molecule has 1 aromatic heterocycles. The predicted molar refractivity (Wildman–Crippen MR) is 124 cm³/mol. The van der Waals surface area contributed by atoms with Gasteiger partial charge in [0.1, 0.15) is 0 Å². The highest BCUT2D eigenvalue weighted by Gasteiger charge is 2.35. The van der Waals surface area contributed by atoms with Gasteiger partial charge in [-0.05, 0) is 18.2 Å². The van der Waals surface area contributed by atoms with E-state index in [0.29, 0.717) is 22.7 Å². The maximum absolute atomic E-state index is 13.3. The van der Waals surface area contributed by atoms with Gasteiger partial charge in [0.05, 0.1) is 32.9 Å². The minimum Gasteiger partial charge on any atom is -0.452 e. The molecular weight excluding hydrogens is 479 g/mol. The molecule has 4 rings (SSSR count). The third kappa shape index (κ3) is 5.30. The van der Waals surface area contributed by atoms with E-state index in [-0.39, 0.29) is 5.56 Å². The van der Waals surface area contributed by atoms with Crippen LogP contribution in [0.3, 0.4) is 0 Å². The Labute approximate surface area is 201 Å². The fourth-order valence-corrected chi connectivity index (χ4v) is 3.49. The molecule has 4 aromatic rings. The van der Waals surface area contributed by atoms with Crippen molar-refractivity contribution >= 4 is 34.2 Å². The second-order valence-corrected chi connectivity index (χ2v) is 7.55. The minimum absolute atomic E-state index is 0.124. The van der Waals surface area contributed by atoms with Gasteiger partial charge in [-0.3, -0.25) is 14.9 Å². The lowest BCUT2D eigenvalue weighted by atomic mass is 10.0. The first-order chi connectivity index (χ1) is 17.1. The van der Waals surface area contributed by atoms with E-state index in [0.717, 1.165) is 17.7 Å². The lowest BCUT2D eigenvalue weighted by molar-refractivity contribution is -0.385. The Hall–Kier alpha value is -4.80. The summed E-state index contributed by atoms with van der Waals surface area (Å²) in [7, 11) is 0. The van der Waals surface area contributed by atoms with Gasteiger partial charge in [-0.2, -0.15) is 13.2 Å². The molecular formula is C25H16F3N3O5. The van der Waals surface area contributed by atoms with Crippen molar-refractivity contribution in [2.75, 3.05) is 11.9 Å². The number of anilines is 1. The Bertz CT molecular complexity index is 1470. The number of carbonyl (C=O) groups excluding carboxylic acids is 2. The highest BCUT2D eigenvalue weighted by atomic mass is 19.4. The van der Waals surface area contributed by atoms with E-state index in [2.05, 4.69) is 4.98 Å². The number of para-hydroxylation sites is 1. The van der Waals surface area contributed by atoms with E-state index in [9.17, 15) is 32.9 Å². The zero-order valence-electron chi connectivity index (χ0n) is 18.3. The van der Waals surface area contributed by atoms with E-state index in [1.807, 2.05) is 35.6 Å².